The number of aliphatic hydroxyl groups excluding tert-OH is 1. The molecule has 0 bridgehead atoms. The summed E-state index contributed by atoms with van der Waals surface area (Å²) >= 11 is 0. The van der Waals surface area contributed by atoms with Gasteiger partial charge in [-0.25, -0.2) is 0 Å². The summed E-state index contributed by atoms with van der Waals surface area (Å²) in [7, 11) is 1.08. The minimum Gasteiger partial charge on any atom is -0.489 e. The molecule has 5 aromatic carbocycles. The topological polar surface area (TPSA) is 94.5 Å². The number of hydrogen-bond acceptors (Lipinski definition) is 9. The van der Waals surface area contributed by atoms with Gasteiger partial charge in [0.15, 0.2) is 8.07 Å². The molecule has 64 heavy (non-hydrogen) atoms. The SMILES string of the molecule is C=CC(=O)N1CCN(c2nc(OCCN(C)C)nc3c2CCN(c2cc(OCc4ccccc4)cc4ccccc24)C3)C(CC(O)[Si](c2ccccc2)(c2ccccc2)C(C)(C)C)C1. The lowest BCUT2D eigenvalue weighted by Gasteiger charge is -2.50. The highest BCUT2D eigenvalue weighted by molar-refractivity contribution is 7.05. The Labute approximate surface area is 379 Å². The van der Waals surface area contributed by atoms with E-state index in [1.54, 1.807) is 0 Å². The monoisotopic (exact) mass is 874 g/mol. The number of carbonyl (C=O) groups is 1. The highest BCUT2D eigenvalue weighted by Crippen LogP contribution is 2.42. The average Bonchev–Trinajstić information content (AvgIpc) is 3.30. The normalized spacial score (nSPS) is 16.1. The van der Waals surface area contributed by atoms with Gasteiger partial charge in [-0.3, -0.25) is 4.79 Å². The lowest BCUT2D eigenvalue weighted by atomic mass is 10.00. The predicted octanol–water partition coefficient (Wildman–Crippen LogP) is 7.27. The second-order valence-electron chi connectivity index (χ2n) is 18.4. The van der Waals surface area contributed by atoms with E-state index >= 15 is 0 Å². The summed E-state index contributed by atoms with van der Waals surface area (Å²) in [5, 5.41) is 17.5. The van der Waals surface area contributed by atoms with Gasteiger partial charge >= 0.3 is 6.01 Å². The largest absolute Gasteiger partial charge is 0.489 e. The van der Waals surface area contributed by atoms with Gasteiger partial charge in [0.1, 0.15) is 24.8 Å². The molecule has 332 valence electrons. The Morgan fingerprint density at radius 2 is 1.53 bits per heavy atom. The predicted molar refractivity (Wildman–Crippen MR) is 262 cm³/mol. The number of aromatic nitrogens is 2. The quantitative estimate of drug-likeness (QED) is 0.0846. The summed E-state index contributed by atoms with van der Waals surface area (Å²) in [6.07, 6.45) is 2.52. The maximum Gasteiger partial charge on any atom is 0.318 e. The zero-order valence-corrected chi connectivity index (χ0v) is 39.0. The van der Waals surface area contributed by atoms with Crippen molar-refractivity contribution in [3.8, 4) is 11.8 Å². The third kappa shape index (κ3) is 9.29. The van der Waals surface area contributed by atoms with Crippen LogP contribution in [0.15, 0.2) is 140 Å². The number of hydrogen-bond donors (Lipinski definition) is 1. The van der Waals surface area contributed by atoms with E-state index in [1.807, 2.05) is 49.3 Å². The second-order valence-corrected chi connectivity index (χ2v) is 23.3. The van der Waals surface area contributed by atoms with Crippen LogP contribution in [0.5, 0.6) is 11.8 Å². The molecule has 10 nitrogen and oxygen atoms in total. The first-order valence-electron chi connectivity index (χ1n) is 22.5. The molecule has 0 saturated carbocycles. The van der Waals surface area contributed by atoms with Crippen molar-refractivity contribution in [2.45, 2.75) is 63.6 Å². The van der Waals surface area contributed by atoms with Crippen LogP contribution in [-0.2, 0) is 24.4 Å². The highest BCUT2D eigenvalue weighted by Gasteiger charge is 2.54. The fourth-order valence-corrected chi connectivity index (χ4v) is 15.9. The van der Waals surface area contributed by atoms with E-state index < -0.39 is 13.8 Å². The Morgan fingerprint density at radius 1 is 0.875 bits per heavy atom. The van der Waals surface area contributed by atoms with Crippen molar-refractivity contribution in [3.05, 3.63) is 157 Å². The summed E-state index contributed by atoms with van der Waals surface area (Å²) in [6, 6.07) is 44.3. The van der Waals surface area contributed by atoms with Crippen LogP contribution >= 0.6 is 0 Å². The van der Waals surface area contributed by atoms with Crippen molar-refractivity contribution in [3.63, 3.8) is 0 Å². The zero-order valence-electron chi connectivity index (χ0n) is 38.0. The Balaban J connectivity index is 1.19. The van der Waals surface area contributed by atoms with Gasteiger partial charge < -0.3 is 34.2 Å². The lowest BCUT2D eigenvalue weighted by molar-refractivity contribution is -0.126. The number of piperazine rings is 1. The third-order valence-corrected chi connectivity index (χ3v) is 19.2. The highest BCUT2D eigenvalue weighted by atomic mass is 28.3. The van der Waals surface area contributed by atoms with E-state index in [2.05, 4.69) is 139 Å². The maximum atomic E-state index is 13.4. The molecule has 1 aromatic heterocycles. The van der Waals surface area contributed by atoms with Gasteiger partial charge in [-0.1, -0.05) is 153 Å². The molecule has 2 aliphatic rings. The number of aliphatic hydroxyl groups is 1. The molecule has 2 atom stereocenters. The number of rotatable bonds is 15. The smallest absolute Gasteiger partial charge is 0.318 e. The van der Waals surface area contributed by atoms with E-state index in [-0.39, 0.29) is 17.0 Å². The molecule has 6 aromatic rings. The van der Waals surface area contributed by atoms with Crippen LogP contribution in [0.3, 0.4) is 0 Å². The van der Waals surface area contributed by atoms with Gasteiger partial charge in [-0.15, -0.1) is 0 Å². The summed E-state index contributed by atoms with van der Waals surface area (Å²) < 4.78 is 12.8. The van der Waals surface area contributed by atoms with E-state index in [4.69, 9.17) is 19.4 Å². The number of fused-ring (bicyclic) bond motifs is 2. The van der Waals surface area contributed by atoms with Crippen LogP contribution in [0.2, 0.25) is 5.04 Å². The number of carbonyl (C=O) groups excluding carboxylic acids is 1. The second kappa shape index (κ2) is 19.4. The van der Waals surface area contributed by atoms with Crippen molar-refractivity contribution in [1.29, 1.82) is 0 Å². The fraction of sp³-hybridized carbons (Fsp3) is 0.340. The molecular formula is C53H62N6O4Si. The fourth-order valence-electron chi connectivity index (χ4n) is 9.98. The maximum absolute atomic E-state index is 13.4. The average molecular weight is 875 g/mol. The Morgan fingerprint density at radius 3 is 2.19 bits per heavy atom. The summed E-state index contributed by atoms with van der Waals surface area (Å²) in [5.74, 6) is 1.52. The molecule has 3 heterocycles. The van der Waals surface area contributed by atoms with Crippen molar-refractivity contribution in [1.82, 2.24) is 19.8 Å². The van der Waals surface area contributed by atoms with Gasteiger partial charge in [0.05, 0.1) is 24.0 Å². The summed E-state index contributed by atoms with van der Waals surface area (Å²) in [6.45, 7) is 15.0. The molecular weight excluding hydrogens is 813 g/mol. The third-order valence-electron chi connectivity index (χ3n) is 13.1. The first kappa shape index (κ1) is 44.6. The Bertz CT molecular complexity index is 2490. The van der Waals surface area contributed by atoms with Crippen LogP contribution in [0.1, 0.15) is 44.0 Å². The van der Waals surface area contributed by atoms with Crippen molar-refractivity contribution in [2.75, 3.05) is 63.2 Å². The number of benzene rings is 5. The van der Waals surface area contributed by atoms with Crippen LogP contribution in [0.25, 0.3) is 10.8 Å². The summed E-state index contributed by atoms with van der Waals surface area (Å²) in [5.41, 5.74) is 3.47. The molecule has 1 N–H and O–H groups in total. The van der Waals surface area contributed by atoms with Crippen LogP contribution in [-0.4, -0.2) is 104 Å². The molecule has 1 amide bonds. The van der Waals surface area contributed by atoms with Crippen LogP contribution < -0.4 is 29.6 Å². The number of amides is 1. The van der Waals surface area contributed by atoms with Crippen molar-refractivity contribution >= 4 is 46.6 Å². The number of anilines is 2. The number of nitrogens with zero attached hydrogens (tertiary/aromatic N) is 6. The molecule has 8 rings (SSSR count). The molecule has 2 aliphatic heterocycles. The minimum absolute atomic E-state index is 0.111. The van der Waals surface area contributed by atoms with Gasteiger partial charge in [-0.2, -0.15) is 9.97 Å². The van der Waals surface area contributed by atoms with Gasteiger partial charge in [0.2, 0.25) is 5.91 Å². The van der Waals surface area contributed by atoms with E-state index in [0.717, 1.165) is 51.4 Å². The molecule has 2 unspecified atom stereocenters. The molecule has 0 spiro atoms. The van der Waals surface area contributed by atoms with Crippen molar-refractivity contribution in [2.24, 2.45) is 0 Å². The standard InChI is InChI=1S/C53H62N6O4Si/c1-7-49(60)58-29-30-59(41(36-58)34-50(61)64(53(2,3)4,43-22-13-9-14-23-43)44-24-15-10-16-25-44)51-46-27-28-57(37-47(46)54-52(55-51)62-32-31-56(5)6)48-35-42(33-40-21-17-18-26-45(40)48)63-38-39-19-11-8-12-20-39/h7-26,33,35,41,50,61H,1,27-32,34,36-38H2,2-6H3. The molecule has 0 radical (unpaired) electrons. The first-order chi connectivity index (χ1) is 31.0. The minimum atomic E-state index is -2.97. The van der Waals surface area contributed by atoms with E-state index in [9.17, 15) is 9.90 Å². The lowest BCUT2D eigenvalue weighted by Crippen LogP contribution is -2.72. The van der Waals surface area contributed by atoms with Crippen molar-refractivity contribution < 1.29 is 19.4 Å². The molecule has 0 aliphatic carbocycles. The summed E-state index contributed by atoms with van der Waals surface area (Å²) in [4.78, 5) is 32.4. The van der Waals surface area contributed by atoms with E-state index in [1.165, 1.54) is 16.4 Å². The van der Waals surface area contributed by atoms with Crippen LogP contribution in [0.4, 0.5) is 11.5 Å². The first-order valence-corrected chi connectivity index (χ1v) is 24.6. The number of ether oxygens (including phenoxy) is 2. The van der Waals surface area contributed by atoms with Gasteiger partial charge in [0.25, 0.3) is 0 Å². The Kier molecular flexibility index (Phi) is 13.5. The molecule has 1 saturated heterocycles. The Hall–Kier alpha value is -6.01. The van der Waals surface area contributed by atoms with Gasteiger partial charge in [0, 0.05) is 55.4 Å². The number of likely N-dealkylation sites (N-methyl/N-ethyl adjacent to an activating group) is 1. The van der Waals surface area contributed by atoms with Gasteiger partial charge in [-0.05, 0) is 55.1 Å². The zero-order chi connectivity index (χ0) is 44.8. The molecule has 1 fully saturated rings. The molecule has 11 heteroatoms. The van der Waals surface area contributed by atoms with E-state index in [0.29, 0.717) is 64.8 Å². The van der Waals surface area contributed by atoms with Crippen LogP contribution in [0, 0.1) is 0 Å².